The number of aromatic nitrogens is 4. The van der Waals surface area contributed by atoms with E-state index in [0.29, 0.717) is 17.2 Å². The molecular weight excluding hydrogens is 352 g/mol. The molecule has 0 amide bonds. The van der Waals surface area contributed by atoms with Gasteiger partial charge in [-0.05, 0) is 31.4 Å². The Morgan fingerprint density at radius 1 is 1.11 bits per heavy atom. The lowest BCUT2D eigenvalue weighted by Gasteiger charge is -2.24. The fraction of sp³-hybridized carbons (Fsp3) is 0.364. The van der Waals surface area contributed by atoms with Crippen LogP contribution >= 0.6 is 0 Å². The molecule has 1 aromatic carbocycles. The van der Waals surface area contributed by atoms with Crippen molar-refractivity contribution in [2.45, 2.75) is 51.6 Å². The van der Waals surface area contributed by atoms with Crippen molar-refractivity contribution in [2.75, 3.05) is 0 Å². The molecule has 0 aliphatic heterocycles. The Labute approximate surface area is 164 Å². The van der Waals surface area contributed by atoms with Crippen LogP contribution in [0.3, 0.4) is 0 Å². The molecular formula is C22H24N4O2. The van der Waals surface area contributed by atoms with Crippen molar-refractivity contribution in [3.05, 3.63) is 71.3 Å². The van der Waals surface area contributed by atoms with E-state index >= 15 is 0 Å². The van der Waals surface area contributed by atoms with Crippen LogP contribution in [0, 0.1) is 6.92 Å². The summed E-state index contributed by atoms with van der Waals surface area (Å²) in [4.78, 5) is 22.3. The van der Waals surface area contributed by atoms with Gasteiger partial charge in [0.05, 0.1) is 11.4 Å². The van der Waals surface area contributed by atoms with Crippen LogP contribution in [-0.4, -0.2) is 25.7 Å². The Bertz CT molecular complexity index is 933. The fourth-order valence-corrected chi connectivity index (χ4v) is 3.79. The second kappa shape index (κ2) is 8.33. The van der Waals surface area contributed by atoms with E-state index in [9.17, 15) is 4.79 Å². The molecule has 0 atom stereocenters. The molecule has 1 aliphatic rings. The van der Waals surface area contributed by atoms with Crippen LogP contribution in [0.2, 0.25) is 0 Å². The molecule has 0 N–H and O–H groups in total. The zero-order valence-corrected chi connectivity index (χ0v) is 16.0. The van der Waals surface area contributed by atoms with Crippen LogP contribution in [-0.2, 0) is 11.3 Å². The van der Waals surface area contributed by atoms with Gasteiger partial charge in [0.2, 0.25) is 0 Å². The first-order valence-electron chi connectivity index (χ1n) is 9.82. The van der Waals surface area contributed by atoms with Crippen molar-refractivity contribution in [1.82, 2.24) is 19.7 Å². The first-order valence-corrected chi connectivity index (χ1v) is 9.82. The average molecular weight is 376 g/mol. The molecule has 144 valence electrons. The van der Waals surface area contributed by atoms with Crippen molar-refractivity contribution in [2.24, 2.45) is 0 Å². The number of carbonyl (C=O) groups is 1. The molecule has 4 rings (SSSR count). The summed E-state index contributed by atoms with van der Waals surface area (Å²) in [6, 6.07) is 11.5. The Balaban J connectivity index is 1.67. The van der Waals surface area contributed by atoms with Gasteiger partial charge in [-0.1, -0.05) is 49.6 Å². The van der Waals surface area contributed by atoms with Gasteiger partial charge in [-0.2, -0.15) is 5.10 Å². The quantitative estimate of drug-likeness (QED) is 0.618. The number of carbonyl (C=O) groups excluding carboxylic acids is 1. The highest BCUT2D eigenvalue weighted by atomic mass is 16.5. The van der Waals surface area contributed by atoms with Crippen LogP contribution in [0.4, 0.5) is 0 Å². The van der Waals surface area contributed by atoms with E-state index in [1.54, 1.807) is 10.9 Å². The molecule has 0 saturated heterocycles. The highest BCUT2D eigenvalue weighted by Crippen LogP contribution is 2.34. The largest absolute Gasteiger partial charge is 0.457 e. The van der Waals surface area contributed by atoms with Gasteiger partial charge in [0.25, 0.3) is 5.95 Å². The summed E-state index contributed by atoms with van der Waals surface area (Å²) in [6.45, 7) is 2.09. The number of hydrogen-bond acceptors (Lipinski definition) is 5. The third-order valence-corrected chi connectivity index (χ3v) is 5.22. The molecule has 0 bridgehead atoms. The molecule has 1 fully saturated rings. The Hall–Kier alpha value is -3.02. The minimum Gasteiger partial charge on any atom is -0.457 e. The number of benzene rings is 1. The van der Waals surface area contributed by atoms with Crippen molar-refractivity contribution >= 4 is 5.97 Å². The van der Waals surface area contributed by atoms with E-state index in [1.165, 1.54) is 6.42 Å². The molecule has 2 aromatic heterocycles. The zero-order valence-electron chi connectivity index (χ0n) is 16.0. The standard InChI is InChI=1S/C22H24N4O2/c1-16-19(21(27)28-15-17-9-4-2-5-10-17)20(18-11-6-3-7-12-18)25-22(24-16)26-14-8-13-23-26/h2,4-5,8-10,13-14,18H,3,6-7,11-12,15H2,1H3. The predicted molar refractivity (Wildman–Crippen MR) is 105 cm³/mol. The predicted octanol–water partition coefficient (Wildman–Crippen LogP) is 4.38. The fourth-order valence-electron chi connectivity index (χ4n) is 3.79. The number of ether oxygens (including phenoxy) is 1. The van der Waals surface area contributed by atoms with Gasteiger partial charge in [0, 0.05) is 18.3 Å². The number of nitrogens with zero attached hydrogens (tertiary/aromatic N) is 4. The number of aryl methyl sites for hydroxylation is 1. The van der Waals surface area contributed by atoms with E-state index in [-0.39, 0.29) is 18.5 Å². The number of esters is 1. The van der Waals surface area contributed by atoms with E-state index in [4.69, 9.17) is 9.72 Å². The lowest BCUT2D eigenvalue weighted by Crippen LogP contribution is -2.19. The second-order valence-electron chi connectivity index (χ2n) is 7.22. The van der Waals surface area contributed by atoms with Gasteiger partial charge in [0.1, 0.15) is 12.2 Å². The summed E-state index contributed by atoms with van der Waals surface area (Å²) in [5.74, 6) is 0.403. The molecule has 28 heavy (non-hydrogen) atoms. The van der Waals surface area contributed by atoms with Gasteiger partial charge in [-0.25, -0.2) is 19.4 Å². The summed E-state index contributed by atoms with van der Waals surface area (Å²) in [7, 11) is 0. The smallest absolute Gasteiger partial charge is 0.342 e. The SMILES string of the molecule is Cc1nc(-n2cccn2)nc(C2CCCCC2)c1C(=O)OCc1ccccc1. The summed E-state index contributed by atoms with van der Waals surface area (Å²) in [5, 5.41) is 4.24. The number of hydrogen-bond donors (Lipinski definition) is 0. The molecule has 1 saturated carbocycles. The molecule has 2 heterocycles. The molecule has 0 radical (unpaired) electrons. The Kier molecular flexibility index (Phi) is 5.46. The van der Waals surface area contributed by atoms with Crippen molar-refractivity contribution in [1.29, 1.82) is 0 Å². The molecule has 0 unspecified atom stereocenters. The van der Waals surface area contributed by atoms with Crippen molar-refractivity contribution in [3.8, 4) is 5.95 Å². The summed E-state index contributed by atoms with van der Waals surface area (Å²) in [6.07, 6.45) is 9.13. The second-order valence-corrected chi connectivity index (χ2v) is 7.22. The zero-order chi connectivity index (χ0) is 19.3. The number of rotatable bonds is 5. The van der Waals surface area contributed by atoms with Crippen LogP contribution < -0.4 is 0 Å². The van der Waals surface area contributed by atoms with Crippen LogP contribution in [0.1, 0.15) is 65.3 Å². The van der Waals surface area contributed by atoms with Gasteiger partial charge < -0.3 is 4.74 Å². The van der Waals surface area contributed by atoms with E-state index in [1.807, 2.05) is 49.5 Å². The van der Waals surface area contributed by atoms with Crippen molar-refractivity contribution < 1.29 is 9.53 Å². The maximum Gasteiger partial charge on any atom is 0.342 e. The van der Waals surface area contributed by atoms with Gasteiger partial charge in [0.15, 0.2) is 0 Å². The average Bonchev–Trinajstić information content (AvgIpc) is 3.28. The minimum atomic E-state index is -0.353. The van der Waals surface area contributed by atoms with E-state index in [0.717, 1.165) is 36.9 Å². The monoisotopic (exact) mass is 376 g/mol. The minimum absolute atomic E-state index is 0.240. The first-order chi connectivity index (χ1) is 13.7. The molecule has 6 nitrogen and oxygen atoms in total. The van der Waals surface area contributed by atoms with Gasteiger partial charge >= 0.3 is 5.97 Å². The molecule has 3 aromatic rings. The molecule has 6 heteroatoms. The maximum atomic E-state index is 13.0. The lowest BCUT2D eigenvalue weighted by molar-refractivity contribution is 0.0468. The first kappa shape index (κ1) is 18.3. The van der Waals surface area contributed by atoms with Crippen LogP contribution in [0.25, 0.3) is 5.95 Å². The lowest BCUT2D eigenvalue weighted by atomic mass is 9.84. The van der Waals surface area contributed by atoms with Gasteiger partial charge in [-0.3, -0.25) is 0 Å². The molecule has 0 spiro atoms. The summed E-state index contributed by atoms with van der Waals surface area (Å²) >= 11 is 0. The summed E-state index contributed by atoms with van der Waals surface area (Å²) in [5.41, 5.74) is 2.91. The highest BCUT2D eigenvalue weighted by Gasteiger charge is 2.27. The molecule has 1 aliphatic carbocycles. The van der Waals surface area contributed by atoms with Crippen LogP contribution in [0.5, 0.6) is 0 Å². The highest BCUT2D eigenvalue weighted by molar-refractivity contribution is 5.92. The Morgan fingerprint density at radius 3 is 2.61 bits per heavy atom. The third-order valence-electron chi connectivity index (χ3n) is 5.22. The summed E-state index contributed by atoms with van der Waals surface area (Å²) < 4.78 is 7.25. The van der Waals surface area contributed by atoms with Crippen LogP contribution in [0.15, 0.2) is 48.8 Å². The Morgan fingerprint density at radius 2 is 1.89 bits per heavy atom. The van der Waals surface area contributed by atoms with E-state index in [2.05, 4.69) is 10.1 Å². The maximum absolute atomic E-state index is 13.0. The van der Waals surface area contributed by atoms with Gasteiger partial charge in [-0.15, -0.1) is 0 Å². The third kappa shape index (κ3) is 3.96. The topological polar surface area (TPSA) is 69.9 Å². The van der Waals surface area contributed by atoms with Crippen molar-refractivity contribution in [3.63, 3.8) is 0 Å². The normalized spacial score (nSPS) is 14.8. The van der Waals surface area contributed by atoms with E-state index < -0.39 is 0 Å².